The third-order valence-electron chi connectivity index (χ3n) is 7.99. The Bertz CT molecular complexity index is 1140. The predicted octanol–water partition coefficient (Wildman–Crippen LogP) is 3.16. The lowest BCUT2D eigenvalue weighted by molar-refractivity contribution is -0.145. The second-order valence-electron chi connectivity index (χ2n) is 11.1. The van der Waals surface area contributed by atoms with E-state index < -0.39 is 24.7 Å². The Morgan fingerprint density at radius 3 is 2.14 bits per heavy atom. The van der Waals surface area contributed by atoms with Gasteiger partial charge < -0.3 is 9.80 Å². The molecular weight excluding hydrogens is 494 g/mol. The van der Waals surface area contributed by atoms with Crippen molar-refractivity contribution in [2.45, 2.75) is 57.0 Å². The quantitative estimate of drug-likeness (QED) is 0.581. The van der Waals surface area contributed by atoms with E-state index in [1.54, 1.807) is 4.90 Å². The van der Waals surface area contributed by atoms with Gasteiger partial charge in [0.25, 0.3) is 5.82 Å². The largest absolute Gasteiger partial charge is 0.453 e. The van der Waals surface area contributed by atoms with Crippen LogP contribution in [0.15, 0.2) is 12.5 Å². The molecule has 0 atom stereocenters. The summed E-state index contributed by atoms with van der Waals surface area (Å²) in [5.74, 6) is -0.807. The molecule has 9 nitrogen and oxygen atoms in total. The molecule has 6 rings (SSSR count). The highest BCUT2D eigenvalue weighted by Gasteiger charge is 2.58. The number of hydrogen-bond donors (Lipinski definition) is 0. The topological polar surface area (TPSA) is 85.0 Å². The monoisotopic (exact) mass is 518 g/mol. The predicted molar refractivity (Wildman–Crippen MR) is 109 cm³/mol. The zero-order valence-electron chi connectivity index (χ0n) is 19.1. The normalized spacial score (nSPS) is 23.4. The molecule has 2 aliphatic heterocycles. The van der Waals surface area contributed by atoms with Crippen LogP contribution in [0, 0.1) is 16.7 Å². The smallest absolute Gasteiger partial charge is 0.323 e. The number of aromatic nitrogens is 6. The molecule has 2 spiro atoms. The van der Waals surface area contributed by atoms with Crippen LogP contribution >= 0.6 is 0 Å². The third-order valence-corrected chi connectivity index (χ3v) is 7.99. The molecule has 2 amide bonds. The van der Waals surface area contributed by atoms with Gasteiger partial charge in [-0.15, -0.1) is 10.2 Å². The fourth-order valence-corrected chi connectivity index (χ4v) is 6.52. The zero-order chi connectivity index (χ0) is 25.5. The van der Waals surface area contributed by atoms with E-state index in [9.17, 15) is 31.1 Å². The Balaban J connectivity index is 0.914. The minimum absolute atomic E-state index is 0.00615. The lowest BCUT2D eigenvalue weighted by atomic mass is 9.56. The van der Waals surface area contributed by atoms with Crippen LogP contribution in [-0.4, -0.2) is 77.9 Å². The number of alkyl halides is 6. The van der Waals surface area contributed by atoms with Gasteiger partial charge in [0, 0.05) is 43.2 Å². The van der Waals surface area contributed by atoms with Crippen molar-refractivity contribution in [3.63, 3.8) is 0 Å². The van der Waals surface area contributed by atoms with Crippen molar-refractivity contribution in [2.24, 2.45) is 16.7 Å². The number of carbonyl (C=O) groups is 1. The van der Waals surface area contributed by atoms with E-state index in [1.165, 1.54) is 10.9 Å². The first-order valence-corrected chi connectivity index (χ1v) is 11.8. The van der Waals surface area contributed by atoms with Gasteiger partial charge in [0.05, 0.1) is 11.7 Å². The molecule has 2 saturated carbocycles. The average molecular weight is 518 g/mol. The molecule has 0 unspecified atom stereocenters. The van der Waals surface area contributed by atoms with Crippen LogP contribution in [0.5, 0.6) is 0 Å². The van der Waals surface area contributed by atoms with Crippen LogP contribution in [0.3, 0.4) is 0 Å². The van der Waals surface area contributed by atoms with Crippen LogP contribution in [0.25, 0.3) is 0 Å². The molecule has 4 aliphatic rings. The number of carbonyl (C=O) groups excluding carboxylic acids is 1. The van der Waals surface area contributed by atoms with Crippen molar-refractivity contribution in [1.29, 1.82) is 0 Å². The van der Waals surface area contributed by atoms with Crippen molar-refractivity contribution >= 4 is 6.03 Å². The highest BCUT2D eigenvalue weighted by Crippen LogP contribution is 2.56. The van der Waals surface area contributed by atoms with Crippen molar-refractivity contribution < 1.29 is 31.1 Å². The highest BCUT2D eigenvalue weighted by molar-refractivity contribution is 5.77. The van der Waals surface area contributed by atoms with E-state index in [4.69, 9.17) is 0 Å². The molecule has 36 heavy (non-hydrogen) atoms. The van der Waals surface area contributed by atoms with E-state index in [0.717, 1.165) is 23.9 Å². The third kappa shape index (κ3) is 4.19. The van der Waals surface area contributed by atoms with Crippen LogP contribution < -0.4 is 0 Å². The number of halogens is 6. The number of rotatable bonds is 4. The lowest BCUT2D eigenvalue weighted by Crippen LogP contribution is -2.71. The fourth-order valence-electron chi connectivity index (χ4n) is 6.52. The number of amides is 2. The van der Waals surface area contributed by atoms with E-state index in [0.29, 0.717) is 57.1 Å². The van der Waals surface area contributed by atoms with Gasteiger partial charge in [-0.2, -0.15) is 26.3 Å². The van der Waals surface area contributed by atoms with E-state index in [1.807, 2.05) is 4.90 Å². The Labute approximate surface area is 201 Å². The fraction of sp³-hybridized carbons (Fsp3) is 0.762. The summed E-state index contributed by atoms with van der Waals surface area (Å²) in [7, 11) is 0. The van der Waals surface area contributed by atoms with Crippen molar-refractivity contribution in [1.82, 2.24) is 39.6 Å². The van der Waals surface area contributed by atoms with Crippen LogP contribution in [0.4, 0.5) is 31.1 Å². The summed E-state index contributed by atoms with van der Waals surface area (Å²) >= 11 is 0. The standard InChI is InChI=1S/C21H24F6N8O/c22-20(23,24)11-34-6-14(29-31-34)1-13-2-18(3-13)7-32(8-18)17(36)33-9-19(10-33)4-15(5-19)35-12-28-16(30-35)21(25,26)27/h6,12-13,15H,1-5,7-11H2. The Morgan fingerprint density at radius 1 is 0.972 bits per heavy atom. The van der Waals surface area contributed by atoms with Crippen molar-refractivity contribution in [2.75, 3.05) is 26.2 Å². The van der Waals surface area contributed by atoms with Crippen molar-refractivity contribution in [3.05, 3.63) is 24.0 Å². The SMILES string of the molecule is O=C(N1CC2(CC(Cc3cn(CC(F)(F)F)nn3)C2)C1)N1CC2(CC(n3cnc(C(F)(F)F)n3)C2)C1. The summed E-state index contributed by atoms with van der Waals surface area (Å²) in [5.41, 5.74) is 0.602. The molecule has 196 valence electrons. The summed E-state index contributed by atoms with van der Waals surface area (Å²) in [6.45, 7) is 1.40. The summed E-state index contributed by atoms with van der Waals surface area (Å²) in [6.07, 6.45) is -2.67. The molecule has 2 saturated heterocycles. The maximum absolute atomic E-state index is 12.8. The Morgan fingerprint density at radius 2 is 1.58 bits per heavy atom. The van der Waals surface area contributed by atoms with Gasteiger partial charge in [-0.05, 0) is 38.0 Å². The lowest BCUT2D eigenvalue weighted by Gasteiger charge is -2.63. The molecule has 2 aromatic rings. The minimum atomic E-state index is -4.56. The summed E-state index contributed by atoms with van der Waals surface area (Å²) in [4.78, 5) is 19.8. The molecule has 2 aromatic heterocycles. The zero-order valence-corrected chi connectivity index (χ0v) is 19.1. The Kier molecular flexibility index (Phi) is 4.95. The second-order valence-corrected chi connectivity index (χ2v) is 11.1. The molecule has 0 N–H and O–H groups in total. The molecule has 0 radical (unpaired) electrons. The van der Waals surface area contributed by atoms with Crippen LogP contribution in [0.2, 0.25) is 0 Å². The number of urea groups is 1. The van der Waals surface area contributed by atoms with Gasteiger partial charge in [0.2, 0.25) is 0 Å². The van der Waals surface area contributed by atoms with Crippen LogP contribution in [-0.2, 0) is 19.1 Å². The highest BCUT2D eigenvalue weighted by atomic mass is 19.4. The molecule has 4 fully saturated rings. The summed E-state index contributed by atoms with van der Waals surface area (Å²) in [5, 5.41) is 10.9. The van der Waals surface area contributed by atoms with E-state index in [2.05, 4.69) is 20.4 Å². The molecule has 4 heterocycles. The van der Waals surface area contributed by atoms with E-state index in [-0.39, 0.29) is 22.9 Å². The number of nitrogens with zero attached hydrogens (tertiary/aromatic N) is 8. The number of likely N-dealkylation sites (tertiary alicyclic amines) is 2. The van der Waals surface area contributed by atoms with Gasteiger partial charge >= 0.3 is 18.4 Å². The second kappa shape index (κ2) is 7.57. The van der Waals surface area contributed by atoms with Gasteiger partial charge in [-0.3, -0.25) is 0 Å². The van der Waals surface area contributed by atoms with Crippen molar-refractivity contribution in [3.8, 4) is 0 Å². The maximum Gasteiger partial charge on any atom is 0.453 e. The molecule has 2 aliphatic carbocycles. The summed E-state index contributed by atoms with van der Waals surface area (Å²) in [6, 6.07) is -0.131. The first kappa shape index (κ1) is 23.5. The van der Waals surface area contributed by atoms with Gasteiger partial charge in [0.15, 0.2) is 0 Å². The van der Waals surface area contributed by atoms with Crippen LogP contribution in [0.1, 0.15) is 43.2 Å². The van der Waals surface area contributed by atoms with Gasteiger partial charge in [-0.25, -0.2) is 19.1 Å². The number of hydrogen-bond acceptors (Lipinski definition) is 5. The first-order chi connectivity index (χ1) is 16.8. The first-order valence-electron chi connectivity index (χ1n) is 11.8. The average Bonchev–Trinajstić information content (AvgIpc) is 3.28. The summed E-state index contributed by atoms with van der Waals surface area (Å²) < 4.78 is 77.6. The van der Waals surface area contributed by atoms with Gasteiger partial charge in [-0.1, -0.05) is 5.21 Å². The minimum Gasteiger partial charge on any atom is -0.323 e. The molecular formula is C21H24F6N8O. The molecule has 0 aromatic carbocycles. The maximum atomic E-state index is 12.8. The van der Waals surface area contributed by atoms with Gasteiger partial charge in [0.1, 0.15) is 12.9 Å². The Hall–Kier alpha value is -2.87. The molecule has 0 bridgehead atoms. The van der Waals surface area contributed by atoms with E-state index >= 15 is 0 Å². The molecule has 15 heteroatoms.